The van der Waals surface area contributed by atoms with Crippen molar-refractivity contribution >= 4 is 0 Å². The van der Waals surface area contributed by atoms with Crippen LogP contribution in [0.1, 0.15) is 18.6 Å². The molecule has 0 aromatic heterocycles. The van der Waals surface area contributed by atoms with Gasteiger partial charge in [-0.05, 0) is 13.0 Å². The molecule has 1 aromatic carbocycles. The molecule has 1 aliphatic rings. The Hall–Kier alpha value is -1.00. The standard InChI is InChI=1S/C11H13F2NO/c1-7-5-14-6-11(15-7)9-3-2-8(12)4-10(9)13/h2-4,7,11,14H,5-6H2,1H3. The van der Waals surface area contributed by atoms with Crippen molar-refractivity contribution in [1.29, 1.82) is 0 Å². The van der Waals surface area contributed by atoms with Gasteiger partial charge in [0.2, 0.25) is 0 Å². The molecule has 2 rings (SSSR count). The summed E-state index contributed by atoms with van der Waals surface area (Å²) in [6.45, 7) is 3.24. The van der Waals surface area contributed by atoms with Gasteiger partial charge in [0.05, 0.1) is 12.2 Å². The molecule has 1 fully saturated rings. The van der Waals surface area contributed by atoms with E-state index >= 15 is 0 Å². The van der Waals surface area contributed by atoms with Crippen molar-refractivity contribution in [1.82, 2.24) is 5.32 Å². The predicted molar refractivity (Wildman–Crippen MR) is 52.5 cm³/mol. The van der Waals surface area contributed by atoms with E-state index in [-0.39, 0.29) is 12.2 Å². The Balaban J connectivity index is 2.21. The highest BCUT2D eigenvalue weighted by Crippen LogP contribution is 2.24. The summed E-state index contributed by atoms with van der Waals surface area (Å²) < 4.78 is 31.7. The zero-order valence-electron chi connectivity index (χ0n) is 8.47. The number of morpholine rings is 1. The second-order valence-corrected chi connectivity index (χ2v) is 3.76. The summed E-state index contributed by atoms with van der Waals surface area (Å²) in [4.78, 5) is 0. The van der Waals surface area contributed by atoms with Crippen LogP contribution >= 0.6 is 0 Å². The van der Waals surface area contributed by atoms with Gasteiger partial charge in [-0.15, -0.1) is 0 Å². The predicted octanol–water partition coefficient (Wildman–Crippen LogP) is 2.01. The average molecular weight is 213 g/mol. The molecule has 1 heterocycles. The molecule has 1 aliphatic heterocycles. The number of hydrogen-bond acceptors (Lipinski definition) is 2. The Morgan fingerprint density at radius 3 is 2.80 bits per heavy atom. The minimum atomic E-state index is -0.562. The Morgan fingerprint density at radius 1 is 1.33 bits per heavy atom. The van der Waals surface area contributed by atoms with Gasteiger partial charge in [-0.1, -0.05) is 6.07 Å². The molecule has 0 bridgehead atoms. The lowest BCUT2D eigenvalue weighted by atomic mass is 10.1. The van der Waals surface area contributed by atoms with Gasteiger partial charge < -0.3 is 10.1 Å². The minimum absolute atomic E-state index is 0.0493. The van der Waals surface area contributed by atoms with Crippen molar-refractivity contribution < 1.29 is 13.5 Å². The number of nitrogens with one attached hydrogen (secondary N) is 1. The maximum absolute atomic E-state index is 13.4. The van der Waals surface area contributed by atoms with E-state index in [1.165, 1.54) is 12.1 Å². The smallest absolute Gasteiger partial charge is 0.131 e. The molecule has 1 saturated heterocycles. The fourth-order valence-corrected chi connectivity index (χ4v) is 1.74. The summed E-state index contributed by atoms with van der Waals surface area (Å²) in [5.74, 6) is -1.11. The van der Waals surface area contributed by atoms with Crippen LogP contribution in [0.2, 0.25) is 0 Å². The SMILES string of the molecule is CC1CNCC(c2ccc(F)cc2F)O1. The zero-order chi connectivity index (χ0) is 10.8. The molecule has 1 aromatic rings. The molecule has 2 nitrogen and oxygen atoms in total. The lowest BCUT2D eigenvalue weighted by Crippen LogP contribution is -2.39. The van der Waals surface area contributed by atoms with Crippen LogP contribution in [0.25, 0.3) is 0 Å². The Kier molecular flexibility index (Phi) is 2.98. The lowest BCUT2D eigenvalue weighted by molar-refractivity contribution is -0.0303. The minimum Gasteiger partial charge on any atom is -0.368 e. The van der Waals surface area contributed by atoms with Gasteiger partial charge in [-0.3, -0.25) is 0 Å². The van der Waals surface area contributed by atoms with Gasteiger partial charge in [-0.25, -0.2) is 8.78 Å². The molecule has 0 amide bonds. The third-order valence-corrected chi connectivity index (χ3v) is 2.47. The van der Waals surface area contributed by atoms with Crippen molar-refractivity contribution in [3.8, 4) is 0 Å². The van der Waals surface area contributed by atoms with Gasteiger partial charge in [0.1, 0.15) is 11.6 Å². The van der Waals surface area contributed by atoms with E-state index in [2.05, 4.69) is 5.32 Å². The third-order valence-electron chi connectivity index (χ3n) is 2.47. The highest BCUT2D eigenvalue weighted by atomic mass is 19.1. The summed E-state index contributed by atoms with van der Waals surface area (Å²) >= 11 is 0. The summed E-state index contributed by atoms with van der Waals surface area (Å²) in [5.41, 5.74) is 0.412. The normalized spacial score (nSPS) is 26.6. The maximum Gasteiger partial charge on any atom is 0.131 e. The third kappa shape index (κ3) is 2.33. The lowest BCUT2D eigenvalue weighted by Gasteiger charge is -2.29. The van der Waals surface area contributed by atoms with E-state index in [0.29, 0.717) is 12.1 Å². The molecule has 82 valence electrons. The fourth-order valence-electron chi connectivity index (χ4n) is 1.74. The molecule has 15 heavy (non-hydrogen) atoms. The summed E-state index contributed by atoms with van der Waals surface area (Å²) in [6, 6.07) is 3.58. The molecular formula is C11H13F2NO. The van der Waals surface area contributed by atoms with Crippen molar-refractivity contribution in [2.24, 2.45) is 0 Å². The highest BCUT2D eigenvalue weighted by molar-refractivity contribution is 5.21. The molecule has 4 heteroatoms. The first-order valence-electron chi connectivity index (χ1n) is 4.98. The molecule has 2 atom stereocenters. The number of ether oxygens (including phenoxy) is 1. The Morgan fingerprint density at radius 2 is 2.13 bits per heavy atom. The van der Waals surface area contributed by atoms with E-state index in [9.17, 15) is 8.78 Å². The second kappa shape index (κ2) is 4.24. The van der Waals surface area contributed by atoms with Crippen LogP contribution in [-0.4, -0.2) is 19.2 Å². The van der Waals surface area contributed by atoms with Crippen LogP contribution < -0.4 is 5.32 Å². The number of rotatable bonds is 1. The van der Waals surface area contributed by atoms with Gasteiger partial charge in [0.15, 0.2) is 0 Å². The van der Waals surface area contributed by atoms with Crippen molar-refractivity contribution in [2.75, 3.05) is 13.1 Å². The fraction of sp³-hybridized carbons (Fsp3) is 0.455. The molecule has 0 aliphatic carbocycles. The van der Waals surface area contributed by atoms with Gasteiger partial charge in [0.25, 0.3) is 0 Å². The van der Waals surface area contributed by atoms with Crippen molar-refractivity contribution in [2.45, 2.75) is 19.1 Å². The van der Waals surface area contributed by atoms with Gasteiger partial charge in [-0.2, -0.15) is 0 Å². The number of hydrogen-bond donors (Lipinski definition) is 1. The second-order valence-electron chi connectivity index (χ2n) is 3.76. The molecule has 0 spiro atoms. The van der Waals surface area contributed by atoms with Crippen LogP contribution in [0.15, 0.2) is 18.2 Å². The summed E-state index contributed by atoms with van der Waals surface area (Å²) in [6.07, 6.45) is -0.275. The first kappa shape index (κ1) is 10.5. The molecule has 0 radical (unpaired) electrons. The van der Waals surface area contributed by atoms with E-state index < -0.39 is 11.6 Å². The van der Waals surface area contributed by atoms with Crippen LogP contribution in [0, 0.1) is 11.6 Å². The topological polar surface area (TPSA) is 21.3 Å². The molecule has 2 unspecified atom stereocenters. The number of halogens is 2. The van der Waals surface area contributed by atoms with Crippen LogP contribution in [0.3, 0.4) is 0 Å². The van der Waals surface area contributed by atoms with Crippen molar-refractivity contribution in [3.63, 3.8) is 0 Å². The van der Waals surface area contributed by atoms with Gasteiger partial charge >= 0.3 is 0 Å². The molecular weight excluding hydrogens is 200 g/mol. The molecule has 0 saturated carbocycles. The van der Waals surface area contributed by atoms with Gasteiger partial charge in [0, 0.05) is 24.7 Å². The number of benzene rings is 1. The van der Waals surface area contributed by atoms with E-state index in [1.807, 2.05) is 6.92 Å². The zero-order valence-corrected chi connectivity index (χ0v) is 8.47. The van der Waals surface area contributed by atoms with E-state index in [0.717, 1.165) is 12.6 Å². The van der Waals surface area contributed by atoms with E-state index in [1.54, 1.807) is 0 Å². The first-order chi connectivity index (χ1) is 7.16. The molecule has 1 N–H and O–H groups in total. The first-order valence-corrected chi connectivity index (χ1v) is 4.98. The highest BCUT2D eigenvalue weighted by Gasteiger charge is 2.22. The largest absolute Gasteiger partial charge is 0.368 e. The van der Waals surface area contributed by atoms with Crippen LogP contribution in [0.4, 0.5) is 8.78 Å². The van der Waals surface area contributed by atoms with Crippen molar-refractivity contribution in [3.05, 3.63) is 35.4 Å². The Bertz CT molecular complexity index is 356. The maximum atomic E-state index is 13.4. The van der Waals surface area contributed by atoms with E-state index in [4.69, 9.17) is 4.74 Å². The summed E-state index contributed by atoms with van der Waals surface area (Å²) in [7, 11) is 0. The van der Waals surface area contributed by atoms with Crippen LogP contribution in [-0.2, 0) is 4.74 Å². The summed E-state index contributed by atoms with van der Waals surface area (Å²) in [5, 5.41) is 3.14. The monoisotopic (exact) mass is 213 g/mol. The Labute approximate surface area is 87.2 Å². The van der Waals surface area contributed by atoms with Crippen LogP contribution in [0.5, 0.6) is 0 Å². The average Bonchev–Trinajstić information content (AvgIpc) is 2.17. The quantitative estimate of drug-likeness (QED) is 0.770.